The van der Waals surface area contributed by atoms with E-state index in [4.69, 9.17) is 5.11 Å². The lowest BCUT2D eigenvalue weighted by Crippen LogP contribution is -2.30. The summed E-state index contributed by atoms with van der Waals surface area (Å²) in [5, 5.41) is 12.1. The number of hydrogen-bond acceptors (Lipinski definition) is 3. The number of para-hydroxylation sites is 1. The van der Waals surface area contributed by atoms with E-state index >= 15 is 0 Å². The highest BCUT2D eigenvalue weighted by Crippen LogP contribution is 2.35. The fourth-order valence-electron chi connectivity index (χ4n) is 3.55. The molecule has 0 saturated carbocycles. The third-order valence-electron chi connectivity index (χ3n) is 4.76. The average molecular weight is 368 g/mol. The van der Waals surface area contributed by atoms with E-state index in [0.29, 0.717) is 6.54 Å². The lowest BCUT2D eigenvalue weighted by atomic mass is 10.00. The molecular formula is C22H25FN2O2. The van der Waals surface area contributed by atoms with E-state index in [1.165, 1.54) is 29.8 Å². The molecule has 5 heteroatoms. The maximum absolute atomic E-state index is 14.2. The molecule has 3 rings (SSSR count). The van der Waals surface area contributed by atoms with E-state index in [9.17, 15) is 9.18 Å². The van der Waals surface area contributed by atoms with E-state index in [-0.39, 0.29) is 5.56 Å². The van der Waals surface area contributed by atoms with Crippen molar-refractivity contribution in [3.63, 3.8) is 0 Å². The summed E-state index contributed by atoms with van der Waals surface area (Å²) in [6.07, 6.45) is 5.57. The number of carboxylic acids is 1. The number of halogens is 1. The van der Waals surface area contributed by atoms with Gasteiger partial charge in [0.05, 0.1) is 11.4 Å². The zero-order chi connectivity index (χ0) is 19.2. The lowest BCUT2D eigenvalue weighted by molar-refractivity contribution is -0.131. The molecule has 0 atom stereocenters. The van der Waals surface area contributed by atoms with Gasteiger partial charge in [0.1, 0.15) is 5.82 Å². The van der Waals surface area contributed by atoms with Gasteiger partial charge in [0.25, 0.3) is 0 Å². The molecule has 27 heavy (non-hydrogen) atoms. The lowest BCUT2D eigenvalue weighted by Gasteiger charge is -2.33. The number of fused-ring (bicyclic) bond motifs is 1. The number of aryl methyl sites for hydroxylation is 1. The molecule has 0 saturated heterocycles. The van der Waals surface area contributed by atoms with Crippen LogP contribution in [0.2, 0.25) is 0 Å². The molecule has 0 amide bonds. The van der Waals surface area contributed by atoms with Gasteiger partial charge in [0.2, 0.25) is 0 Å². The molecular weight excluding hydrogens is 343 g/mol. The van der Waals surface area contributed by atoms with Crippen LogP contribution in [0.25, 0.3) is 6.08 Å². The summed E-state index contributed by atoms with van der Waals surface area (Å²) < 4.78 is 14.2. The quantitative estimate of drug-likeness (QED) is 0.696. The van der Waals surface area contributed by atoms with Gasteiger partial charge in [0, 0.05) is 31.3 Å². The summed E-state index contributed by atoms with van der Waals surface area (Å²) >= 11 is 0. The van der Waals surface area contributed by atoms with E-state index in [1.807, 2.05) is 6.07 Å². The van der Waals surface area contributed by atoms with Crippen molar-refractivity contribution in [3.05, 3.63) is 65.0 Å². The van der Waals surface area contributed by atoms with Crippen LogP contribution in [0.15, 0.2) is 42.5 Å². The first-order valence-electron chi connectivity index (χ1n) is 9.38. The van der Waals surface area contributed by atoms with Crippen LogP contribution in [0.1, 0.15) is 36.5 Å². The number of benzene rings is 2. The largest absolute Gasteiger partial charge is 0.478 e. The molecule has 0 spiro atoms. The SMILES string of the molecule is CCCN1CCCc2cccc(NCc3ccc(C=CC(=O)O)c(F)c3)c21. The van der Waals surface area contributed by atoms with Crippen molar-refractivity contribution >= 4 is 23.4 Å². The van der Waals surface area contributed by atoms with Crippen molar-refractivity contribution in [1.82, 2.24) is 0 Å². The van der Waals surface area contributed by atoms with Crippen LogP contribution in [-0.4, -0.2) is 24.2 Å². The predicted molar refractivity (Wildman–Crippen MR) is 108 cm³/mol. The Bertz CT molecular complexity index is 848. The van der Waals surface area contributed by atoms with Gasteiger partial charge in [-0.3, -0.25) is 0 Å². The molecule has 1 heterocycles. The number of carbonyl (C=O) groups is 1. The zero-order valence-electron chi connectivity index (χ0n) is 15.5. The van der Waals surface area contributed by atoms with Gasteiger partial charge in [-0.1, -0.05) is 31.2 Å². The summed E-state index contributed by atoms with van der Waals surface area (Å²) in [4.78, 5) is 13.0. The van der Waals surface area contributed by atoms with Gasteiger partial charge in [0.15, 0.2) is 0 Å². The van der Waals surface area contributed by atoms with Gasteiger partial charge >= 0.3 is 5.97 Å². The Morgan fingerprint density at radius 2 is 2.19 bits per heavy atom. The normalized spacial score (nSPS) is 13.6. The Morgan fingerprint density at radius 1 is 1.33 bits per heavy atom. The molecule has 142 valence electrons. The van der Waals surface area contributed by atoms with Gasteiger partial charge in [-0.05, 0) is 48.6 Å². The summed E-state index contributed by atoms with van der Waals surface area (Å²) in [5.74, 6) is -1.51. The Morgan fingerprint density at radius 3 is 2.93 bits per heavy atom. The number of aliphatic carboxylic acids is 1. The van der Waals surface area contributed by atoms with Crippen LogP contribution in [-0.2, 0) is 17.8 Å². The fourth-order valence-corrected chi connectivity index (χ4v) is 3.55. The molecule has 4 nitrogen and oxygen atoms in total. The first-order chi connectivity index (χ1) is 13.1. The number of nitrogens with zero attached hydrogens (tertiary/aromatic N) is 1. The molecule has 0 aromatic heterocycles. The van der Waals surface area contributed by atoms with Crippen molar-refractivity contribution in [2.45, 2.75) is 32.7 Å². The van der Waals surface area contributed by atoms with Crippen LogP contribution < -0.4 is 10.2 Å². The van der Waals surface area contributed by atoms with Gasteiger partial charge < -0.3 is 15.3 Å². The van der Waals surface area contributed by atoms with Crippen LogP contribution in [0.5, 0.6) is 0 Å². The monoisotopic (exact) mass is 368 g/mol. The maximum atomic E-state index is 14.2. The van der Waals surface area contributed by atoms with Crippen molar-refractivity contribution in [1.29, 1.82) is 0 Å². The van der Waals surface area contributed by atoms with Crippen molar-refractivity contribution in [2.24, 2.45) is 0 Å². The predicted octanol–water partition coefficient (Wildman–Crippen LogP) is 4.70. The third-order valence-corrected chi connectivity index (χ3v) is 4.76. The first-order valence-corrected chi connectivity index (χ1v) is 9.38. The highest BCUT2D eigenvalue weighted by atomic mass is 19.1. The highest BCUT2D eigenvalue weighted by Gasteiger charge is 2.19. The minimum Gasteiger partial charge on any atom is -0.478 e. The van der Waals surface area contributed by atoms with Crippen LogP contribution >= 0.6 is 0 Å². The van der Waals surface area contributed by atoms with Gasteiger partial charge in [-0.15, -0.1) is 0 Å². The Labute approximate surface area is 159 Å². The van der Waals surface area contributed by atoms with E-state index in [2.05, 4.69) is 35.3 Å². The Kier molecular flexibility index (Phi) is 6.12. The molecule has 2 aromatic rings. The summed E-state index contributed by atoms with van der Waals surface area (Å²) in [6, 6.07) is 11.2. The standard InChI is InChI=1S/C22H25FN2O2/c1-2-12-25-13-4-6-18-5-3-7-20(22(18)25)24-15-16-8-9-17(19(23)14-16)10-11-21(26)27/h3,5,7-11,14,24H,2,4,6,12-13,15H2,1H3,(H,26,27). The molecule has 0 aliphatic carbocycles. The number of carboxylic acid groups (broad SMARTS) is 1. The molecule has 0 radical (unpaired) electrons. The molecule has 1 aliphatic rings. The van der Waals surface area contributed by atoms with Crippen LogP contribution in [0.3, 0.4) is 0 Å². The van der Waals surface area contributed by atoms with Gasteiger partial charge in [-0.2, -0.15) is 0 Å². The van der Waals surface area contributed by atoms with Crippen LogP contribution in [0, 0.1) is 5.82 Å². The summed E-state index contributed by atoms with van der Waals surface area (Å²) in [5.41, 5.74) is 4.80. The zero-order valence-corrected chi connectivity index (χ0v) is 15.5. The Hall–Kier alpha value is -2.82. The molecule has 0 unspecified atom stereocenters. The molecule has 0 bridgehead atoms. The van der Waals surface area contributed by atoms with E-state index in [1.54, 1.807) is 6.07 Å². The number of anilines is 2. The average Bonchev–Trinajstić information content (AvgIpc) is 2.66. The van der Waals surface area contributed by atoms with Crippen LogP contribution in [0.4, 0.5) is 15.8 Å². The number of rotatable bonds is 7. The highest BCUT2D eigenvalue weighted by molar-refractivity contribution is 5.85. The topological polar surface area (TPSA) is 52.6 Å². The van der Waals surface area contributed by atoms with Crippen molar-refractivity contribution in [2.75, 3.05) is 23.3 Å². The molecule has 1 aliphatic heterocycles. The fraction of sp³-hybridized carbons (Fsp3) is 0.318. The minimum atomic E-state index is -1.09. The molecule has 0 fully saturated rings. The minimum absolute atomic E-state index is 0.271. The summed E-state index contributed by atoms with van der Waals surface area (Å²) in [6.45, 7) is 4.80. The Balaban J connectivity index is 1.76. The van der Waals surface area contributed by atoms with Gasteiger partial charge in [-0.25, -0.2) is 9.18 Å². The van der Waals surface area contributed by atoms with Crippen molar-refractivity contribution in [3.8, 4) is 0 Å². The third kappa shape index (κ3) is 4.67. The van der Waals surface area contributed by atoms with E-state index in [0.717, 1.165) is 43.3 Å². The second-order valence-corrected chi connectivity index (χ2v) is 6.78. The number of hydrogen-bond donors (Lipinski definition) is 2. The number of nitrogens with one attached hydrogen (secondary N) is 1. The first kappa shape index (κ1) is 19.0. The second kappa shape index (κ2) is 8.71. The second-order valence-electron chi connectivity index (χ2n) is 6.78. The molecule has 2 aromatic carbocycles. The smallest absolute Gasteiger partial charge is 0.328 e. The van der Waals surface area contributed by atoms with Crippen molar-refractivity contribution < 1.29 is 14.3 Å². The summed E-state index contributed by atoms with van der Waals surface area (Å²) in [7, 11) is 0. The van der Waals surface area contributed by atoms with E-state index < -0.39 is 11.8 Å². The molecule has 2 N–H and O–H groups in total. The maximum Gasteiger partial charge on any atom is 0.328 e.